The Hall–Kier alpha value is -1.70. The van der Waals surface area contributed by atoms with Gasteiger partial charge in [0, 0.05) is 24.4 Å². The van der Waals surface area contributed by atoms with Crippen LogP contribution >= 0.6 is 0 Å². The summed E-state index contributed by atoms with van der Waals surface area (Å²) in [6.07, 6.45) is 6.47. The Labute approximate surface area is 115 Å². The Morgan fingerprint density at radius 3 is 2.79 bits per heavy atom. The molecule has 98 valence electrons. The number of likely N-dealkylation sites (N-methyl/N-ethyl adjacent to an activating group) is 1. The maximum absolute atomic E-state index is 2.55. The second-order valence-corrected chi connectivity index (χ2v) is 6.03. The van der Waals surface area contributed by atoms with Crippen LogP contribution in [0, 0.1) is 18.8 Å². The van der Waals surface area contributed by atoms with Crippen LogP contribution in [0.5, 0.6) is 0 Å². The predicted octanol–water partition coefficient (Wildman–Crippen LogP) is 3.51. The van der Waals surface area contributed by atoms with Gasteiger partial charge in [-0.3, -0.25) is 0 Å². The average Bonchev–Trinajstić information content (AvgIpc) is 3.15. The maximum atomic E-state index is 2.55. The number of fused-ring (bicyclic) bond motifs is 2. The molecule has 19 heavy (non-hydrogen) atoms. The molecule has 1 aliphatic heterocycles. The minimum absolute atomic E-state index is 0.412. The molecule has 1 saturated carbocycles. The highest BCUT2D eigenvalue weighted by Crippen LogP contribution is 2.54. The van der Waals surface area contributed by atoms with E-state index in [9.17, 15) is 0 Å². The lowest BCUT2D eigenvalue weighted by Gasteiger charge is -2.31. The van der Waals surface area contributed by atoms with E-state index >= 15 is 0 Å². The molecule has 1 aromatic carbocycles. The topological polar surface area (TPSA) is 6.48 Å². The van der Waals surface area contributed by atoms with Crippen LogP contribution in [0.3, 0.4) is 0 Å². The zero-order chi connectivity index (χ0) is 13.1. The van der Waals surface area contributed by atoms with Gasteiger partial charge in [0.2, 0.25) is 0 Å². The highest BCUT2D eigenvalue weighted by Gasteiger charge is 2.49. The molecule has 4 rings (SSSR count). The molecule has 3 aliphatic rings. The van der Waals surface area contributed by atoms with Gasteiger partial charge in [-0.15, -0.1) is 0 Å². The SMILES string of the molecule is Cc1ccccc1N1C2=C(C=CC3CC23)N(C)[C@@H]1C. The molecule has 0 bridgehead atoms. The smallest absolute Gasteiger partial charge is 0.103 e. The molecule has 2 aliphatic carbocycles. The van der Waals surface area contributed by atoms with Crippen molar-refractivity contribution in [2.24, 2.45) is 11.8 Å². The van der Waals surface area contributed by atoms with E-state index in [1.54, 1.807) is 5.70 Å². The van der Waals surface area contributed by atoms with Gasteiger partial charge in [0.25, 0.3) is 0 Å². The Morgan fingerprint density at radius 2 is 2.00 bits per heavy atom. The first-order valence-electron chi connectivity index (χ1n) is 7.18. The first kappa shape index (κ1) is 11.2. The van der Waals surface area contributed by atoms with Gasteiger partial charge < -0.3 is 9.80 Å². The van der Waals surface area contributed by atoms with Crippen LogP contribution in [0.4, 0.5) is 5.69 Å². The number of allylic oxidation sites excluding steroid dienone is 3. The summed E-state index contributed by atoms with van der Waals surface area (Å²) in [4.78, 5) is 4.96. The molecule has 0 radical (unpaired) electrons. The number of hydrogen-bond donors (Lipinski definition) is 0. The molecular formula is C17H20N2. The van der Waals surface area contributed by atoms with Crippen LogP contribution < -0.4 is 4.90 Å². The maximum Gasteiger partial charge on any atom is 0.103 e. The molecular weight excluding hydrogens is 232 g/mol. The highest BCUT2D eigenvalue weighted by molar-refractivity contribution is 5.64. The minimum Gasteiger partial charge on any atom is -0.353 e. The lowest BCUT2D eigenvalue weighted by molar-refractivity contribution is 0.365. The van der Waals surface area contributed by atoms with Crippen molar-refractivity contribution in [3.05, 3.63) is 53.4 Å². The van der Waals surface area contributed by atoms with Crippen molar-refractivity contribution >= 4 is 5.69 Å². The van der Waals surface area contributed by atoms with Crippen LogP contribution in [-0.2, 0) is 0 Å². The first-order chi connectivity index (χ1) is 9.18. The fourth-order valence-electron chi connectivity index (χ4n) is 3.57. The van der Waals surface area contributed by atoms with Gasteiger partial charge in [-0.05, 0) is 43.9 Å². The third-order valence-electron chi connectivity index (χ3n) is 4.90. The van der Waals surface area contributed by atoms with Crippen LogP contribution in [-0.4, -0.2) is 18.1 Å². The number of para-hydroxylation sites is 1. The van der Waals surface area contributed by atoms with E-state index in [4.69, 9.17) is 0 Å². The predicted molar refractivity (Wildman–Crippen MR) is 78.6 cm³/mol. The van der Waals surface area contributed by atoms with Crippen LogP contribution in [0.1, 0.15) is 18.9 Å². The quantitative estimate of drug-likeness (QED) is 0.754. The fraction of sp³-hybridized carbons (Fsp3) is 0.412. The molecule has 0 N–H and O–H groups in total. The van der Waals surface area contributed by atoms with Gasteiger partial charge in [-0.2, -0.15) is 0 Å². The minimum atomic E-state index is 0.412. The van der Waals surface area contributed by atoms with Crippen molar-refractivity contribution in [1.82, 2.24) is 4.90 Å². The molecule has 1 aromatic rings. The third-order valence-corrected chi connectivity index (χ3v) is 4.90. The number of anilines is 1. The summed E-state index contributed by atoms with van der Waals surface area (Å²) in [6.45, 7) is 4.51. The van der Waals surface area contributed by atoms with Gasteiger partial charge in [0.05, 0.1) is 5.70 Å². The number of rotatable bonds is 1. The summed E-state index contributed by atoms with van der Waals surface area (Å²) < 4.78 is 0. The lowest BCUT2D eigenvalue weighted by atomic mass is 10.1. The Kier molecular flexibility index (Phi) is 2.15. The largest absolute Gasteiger partial charge is 0.353 e. The highest BCUT2D eigenvalue weighted by atomic mass is 15.4. The molecule has 2 unspecified atom stereocenters. The lowest BCUT2D eigenvalue weighted by Crippen LogP contribution is -2.36. The van der Waals surface area contributed by atoms with Crippen LogP contribution in [0.15, 0.2) is 47.8 Å². The Balaban J connectivity index is 1.86. The van der Waals surface area contributed by atoms with E-state index < -0.39 is 0 Å². The van der Waals surface area contributed by atoms with E-state index in [1.165, 1.54) is 23.4 Å². The molecule has 0 aromatic heterocycles. The zero-order valence-electron chi connectivity index (χ0n) is 11.8. The zero-order valence-corrected chi connectivity index (χ0v) is 11.8. The van der Waals surface area contributed by atoms with Crippen LogP contribution in [0.25, 0.3) is 0 Å². The molecule has 1 heterocycles. The van der Waals surface area contributed by atoms with Crippen molar-refractivity contribution in [2.75, 3.05) is 11.9 Å². The second-order valence-electron chi connectivity index (χ2n) is 6.03. The molecule has 0 spiro atoms. The van der Waals surface area contributed by atoms with E-state index in [2.05, 4.69) is 67.1 Å². The van der Waals surface area contributed by atoms with Crippen molar-refractivity contribution in [3.63, 3.8) is 0 Å². The standard InChI is InChI=1S/C17H20N2/c1-11-6-4-5-7-15(11)19-12(2)18(3)16-9-8-13-10-14(13)17(16)19/h4-9,12-14H,10H2,1-3H3/t12-,13?,14?/m0/s1. The number of benzene rings is 1. The van der Waals surface area contributed by atoms with E-state index in [-0.39, 0.29) is 0 Å². The summed E-state index contributed by atoms with van der Waals surface area (Å²) >= 11 is 0. The summed E-state index contributed by atoms with van der Waals surface area (Å²) in [5.74, 6) is 1.55. The summed E-state index contributed by atoms with van der Waals surface area (Å²) in [5.41, 5.74) is 5.71. The van der Waals surface area contributed by atoms with E-state index in [0.717, 1.165) is 11.8 Å². The van der Waals surface area contributed by atoms with Gasteiger partial charge in [-0.1, -0.05) is 24.3 Å². The Morgan fingerprint density at radius 1 is 1.21 bits per heavy atom. The number of nitrogens with zero attached hydrogens (tertiary/aromatic N) is 2. The Bertz CT molecular complexity index is 599. The molecule has 1 fully saturated rings. The third kappa shape index (κ3) is 1.43. The summed E-state index contributed by atoms with van der Waals surface area (Å²) in [5, 5.41) is 0. The first-order valence-corrected chi connectivity index (χ1v) is 7.18. The summed E-state index contributed by atoms with van der Waals surface area (Å²) in [7, 11) is 2.21. The van der Waals surface area contributed by atoms with Crippen molar-refractivity contribution in [1.29, 1.82) is 0 Å². The van der Waals surface area contributed by atoms with Crippen molar-refractivity contribution < 1.29 is 0 Å². The monoisotopic (exact) mass is 252 g/mol. The van der Waals surface area contributed by atoms with Crippen molar-refractivity contribution in [2.45, 2.75) is 26.4 Å². The molecule has 2 nitrogen and oxygen atoms in total. The molecule has 0 amide bonds. The molecule has 2 heteroatoms. The van der Waals surface area contributed by atoms with Gasteiger partial charge >= 0.3 is 0 Å². The van der Waals surface area contributed by atoms with Gasteiger partial charge in [-0.25, -0.2) is 0 Å². The van der Waals surface area contributed by atoms with E-state index in [1.807, 2.05) is 0 Å². The second kappa shape index (κ2) is 3.66. The number of aryl methyl sites for hydroxylation is 1. The number of hydrogen-bond acceptors (Lipinski definition) is 2. The average molecular weight is 252 g/mol. The normalized spacial score (nSPS) is 31.6. The van der Waals surface area contributed by atoms with Crippen molar-refractivity contribution in [3.8, 4) is 0 Å². The van der Waals surface area contributed by atoms with Gasteiger partial charge in [0.1, 0.15) is 6.17 Å². The van der Waals surface area contributed by atoms with Gasteiger partial charge in [0.15, 0.2) is 0 Å². The van der Waals surface area contributed by atoms with Crippen LogP contribution in [0.2, 0.25) is 0 Å². The van der Waals surface area contributed by atoms with E-state index in [0.29, 0.717) is 6.17 Å². The molecule has 0 saturated heterocycles. The summed E-state index contributed by atoms with van der Waals surface area (Å²) in [6, 6.07) is 8.74. The molecule has 3 atom stereocenters. The fourth-order valence-corrected chi connectivity index (χ4v) is 3.57.